The third-order valence-electron chi connectivity index (χ3n) is 5.52. The highest BCUT2D eigenvalue weighted by Crippen LogP contribution is 2.06. The molecule has 0 radical (unpaired) electrons. The largest absolute Gasteiger partial charge is 0.394 e. The van der Waals surface area contributed by atoms with Gasteiger partial charge in [-0.15, -0.1) is 0 Å². The maximum atomic E-state index is 9.83. The second kappa shape index (κ2) is 20.9. The topological polar surface area (TPSA) is 250 Å². The highest BCUT2D eigenvalue weighted by atomic mass is 32.1. The van der Waals surface area contributed by atoms with E-state index in [0.717, 1.165) is 32.1 Å². The van der Waals surface area contributed by atoms with Crippen LogP contribution in [-0.2, 0) is 0 Å². The number of hydrogen-bond donors (Lipinski definition) is 14. The van der Waals surface area contributed by atoms with Gasteiger partial charge in [0.15, 0.2) is 10.2 Å². The lowest BCUT2D eigenvalue weighted by Crippen LogP contribution is -2.50. The fraction of sp³-hybridized carbons (Fsp3) is 0.905. The SMILES string of the molecule is OC[C@@H](O)[C@@H](O)[C@H](O)[C@@H](O)CNC(=S)NCCCCCCCNC(=S)NC[C@H](O)[C@@H](O)[C@H](O)[C@H](O)CO. The first kappa shape index (κ1) is 36.0. The first-order chi connectivity index (χ1) is 17.5. The number of hydrogen-bond acceptors (Lipinski definition) is 12. The highest BCUT2D eigenvalue weighted by Gasteiger charge is 2.30. The molecule has 0 aliphatic rings. The molecule has 0 bridgehead atoms. The average Bonchev–Trinajstić information content (AvgIpc) is 2.90. The number of nitrogens with one attached hydrogen (secondary N) is 4. The van der Waals surface area contributed by atoms with Gasteiger partial charge in [-0.3, -0.25) is 0 Å². The summed E-state index contributed by atoms with van der Waals surface area (Å²) in [4.78, 5) is 0. The molecule has 220 valence electrons. The Labute approximate surface area is 227 Å². The number of rotatable bonds is 20. The van der Waals surface area contributed by atoms with Crippen LogP contribution >= 0.6 is 24.4 Å². The molecule has 16 heteroatoms. The van der Waals surface area contributed by atoms with Gasteiger partial charge < -0.3 is 72.3 Å². The minimum absolute atomic E-state index is 0.153. The molecule has 0 saturated heterocycles. The van der Waals surface area contributed by atoms with E-state index in [1.54, 1.807) is 0 Å². The lowest BCUT2D eigenvalue weighted by molar-refractivity contribution is -0.113. The van der Waals surface area contributed by atoms with Crippen LogP contribution in [-0.4, -0.2) is 150 Å². The van der Waals surface area contributed by atoms with Crippen molar-refractivity contribution >= 4 is 34.7 Å². The van der Waals surface area contributed by atoms with Crippen molar-refractivity contribution in [3.8, 4) is 0 Å². The predicted molar refractivity (Wildman–Crippen MR) is 143 cm³/mol. The van der Waals surface area contributed by atoms with Crippen molar-refractivity contribution in [1.82, 2.24) is 21.3 Å². The van der Waals surface area contributed by atoms with Crippen LogP contribution in [0.4, 0.5) is 0 Å². The Bertz CT molecular complexity index is 578. The number of unbranched alkanes of at least 4 members (excludes halogenated alkanes) is 4. The Morgan fingerprint density at radius 1 is 0.459 bits per heavy atom. The van der Waals surface area contributed by atoms with Crippen LogP contribution in [0.15, 0.2) is 0 Å². The van der Waals surface area contributed by atoms with Gasteiger partial charge in [0.05, 0.1) is 25.4 Å². The number of aliphatic hydroxyl groups excluding tert-OH is 10. The quantitative estimate of drug-likeness (QED) is 0.0477. The molecule has 0 aromatic rings. The molecule has 8 atom stereocenters. The molecular formula is C21H44N4O10S2. The molecule has 0 spiro atoms. The molecule has 14 nitrogen and oxygen atoms in total. The lowest BCUT2D eigenvalue weighted by Gasteiger charge is -2.26. The van der Waals surface area contributed by atoms with E-state index in [0.29, 0.717) is 13.1 Å². The smallest absolute Gasteiger partial charge is 0.166 e. The van der Waals surface area contributed by atoms with Crippen molar-refractivity contribution in [3.63, 3.8) is 0 Å². The minimum atomic E-state index is -1.69. The van der Waals surface area contributed by atoms with Gasteiger partial charge >= 0.3 is 0 Å². The van der Waals surface area contributed by atoms with Crippen molar-refractivity contribution in [2.45, 2.75) is 80.9 Å². The van der Waals surface area contributed by atoms with Crippen LogP contribution < -0.4 is 21.3 Å². The maximum Gasteiger partial charge on any atom is 0.166 e. The van der Waals surface area contributed by atoms with Gasteiger partial charge in [-0.05, 0) is 37.3 Å². The summed E-state index contributed by atoms with van der Waals surface area (Å²) in [5, 5.41) is 106. The maximum absolute atomic E-state index is 9.83. The van der Waals surface area contributed by atoms with E-state index in [4.69, 9.17) is 34.6 Å². The lowest BCUT2D eigenvalue weighted by atomic mass is 10.0. The van der Waals surface area contributed by atoms with E-state index in [9.17, 15) is 40.9 Å². The van der Waals surface area contributed by atoms with E-state index in [-0.39, 0.29) is 23.3 Å². The van der Waals surface area contributed by atoms with E-state index in [1.165, 1.54) is 0 Å². The van der Waals surface area contributed by atoms with Gasteiger partial charge in [-0.2, -0.15) is 0 Å². The fourth-order valence-electron chi connectivity index (χ4n) is 3.07. The molecule has 0 saturated carbocycles. The second-order valence-electron chi connectivity index (χ2n) is 8.64. The van der Waals surface area contributed by atoms with Crippen LogP contribution in [0.3, 0.4) is 0 Å². The average molecular weight is 577 g/mol. The van der Waals surface area contributed by atoms with Crippen LogP contribution in [0, 0.1) is 0 Å². The zero-order valence-corrected chi connectivity index (χ0v) is 22.3. The second-order valence-corrected chi connectivity index (χ2v) is 9.45. The van der Waals surface area contributed by atoms with Gasteiger partial charge in [-0.1, -0.05) is 19.3 Å². The van der Waals surface area contributed by atoms with Crippen molar-refractivity contribution in [2.75, 3.05) is 39.4 Å². The molecule has 0 aromatic heterocycles. The zero-order valence-electron chi connectivity index (χ0n) is 20.7. The van der Waals surface area contributed by atoms with Gasteiger partial charge in [0.2, 0.25) is 0 Å². The normalized spacial score (nSPS) is 18.0. The summed E-state index contributed by atoms with van der Waals surface area (Å²) in [5.41, 5.74) is 0. The van der Waals surface area contributed by atoms with Crippen LogP contribution in [0.2, 0.25) is 0 Å². The summed E-state index contributed by atoms with van der Waals surface area (Å²) in [7, 11) is 0. The minimum Gasteiger partial charge on any atom is -0.394 e. The summed E-state index contributed by atoms with van der Waals surface area (Å²) in [6.07, 6.45) is -8.06. The molecule has 0 amide bonds. The molecule has 0 rings (SSSR count). The van der Waals surface area contributed by atoms with E-state index < -0.39 is 62.0 Å². The summed E-state index contributed by atoms with van der Waals surface area (Å²) < 4.78 is 0. The van der Waals surface area contributed by atoms with Crippen LogP contribution in [0.25, 0.3) is 0 Å². The molecule has 0 fully saturated rings. The predicted octanol–water partition coefficient (Wildman–Crippen LogP) is -5.26. The molecule has 37 heavy (non-hydrogen) atoms. The Hall–Kier alpha value is -1.02. The summed E-state index contributed by atoms with van der Waals surface area (Å²) >= 11 is 10.2. The van der Waals surface area contributed by atoms with Crippen molar-refractivity contribution in [3.05, 3.63) is 0 Å². The summed E-state index contributed by atoms with van der Waals surface area (Å²) in [6.45, 7) is -0.603. The third kappa shape index (κ3) is 15.9. The van der Waals surface area contributed by atoms with Crippen LogP contribution in [0.5, 0.6) is 0 Å². The van der Waals surface area contributed by atoms with E-state index in [1.807, 2.05) is 0 Å². The summed E-state index contributed by atoms with van der Waals surface area (Å²) in [5.74, 6) is 0. The molecule has 0 aliphatic heterocycles. The molecule has 14 N–H and O–H groups in total. The number of aliphatic hydroxyl groups is 10. The third-order valence-corrected chi connectivity index (χ3v) is 6.10. The standard InChI is InChI=1S/C21H44N4O10S2/c26-10-14(30)18(34)16(32)12(28)8-24-20(36)22-6-4-2-1-3-5-7-23-21(37)25-9-13(29)17(33)19(35)15(31)11-27/h12-19,26-35H,1-11H2,(H2,22,24,36)(H2,23,25,37)/t12-,13-,14+,15+,16+,17+,18+,19+/m0/s1. The molecule has 0 unspecified atom stereocenters. The monoisotopic (exact) mass is 576 g/mol. The van der Waals surface area contributed by atoms with Crippen molar-refractivity contribution in [2.24, 2.45) is 0 Å². The first-order valence-corrected chi connectivity index (χ1v) is 13.0. The molecular weight excluding hydrogens is 532 g/mol. The van der Waals surface area contributed by atoms with E-state index in [2.05, 4.69) is 21.3 Å². The van der Waals surface area contributed by atoms with Gasteiger partial charge in [-0.25, -0.2) is 0 Å². The zero-order chi connectivity index (χ0) is 28.4. The van der Waals surface area contributed by atoms with Gasteiger partial charge in [0.1, 0.15) is 36.6 Å². The molecule has 0 aromatic carbocycles. The van der Waals surface area contributed by atoms with Crippen LogP contribution in [0.1, 0.15) is 32.1 Å². The number of thiocarbonyl (C=S) groups is 2. The van der Waals surface area contributed by atoms with Crippen molar-refractivity contribution in [1.29, 1.82) is 0 Å². The van der Waals surface area contributed by atoms with E-state index >= 15 is 0 Å². The van der Waals surface area contributed by atoms with Gasteiger partial charge in [0.25, 0.3) is 0 Å². The van der Waals surface area contributed by atoms with Crippen molar-refractivity contribution < 1.29 is 51.1 Å². The highest BCUT2D eigenvalue weighted by molar-refractivity contribution is 7.80. The Morgan fingerprint density at radius 2 is 0.757 bits per heavy atom. The fourth-order valence-corrected chi connectivity index (χ4v) is 3.44. The molecule has 0 heterocycles. The van der Waals surface area contributed by atoms with Gasteiger partial charge in [0, 0.05) is 26.2 Å². The Kier molecular flexibility index (Phi) is 20.3. The first-order valence-electron chi connectivity index (χ1n) is 12.2. The molecule has 0 aliphatic carbocycles. The summed E-state index contributed by atoms with van der Waals surface area (Å²) in [6, 6.07) is 0. The Balaban J connectivity index is 3.77. The Morgan fingerprint density at radius 3 is 1.08 bits per heavy atom.